The zero-order valence-corrected chi connectivity index (χ0v) is 46.9. The Morgan fingerprint density at radius 3 is 2.06 bits per heavy atom. The van der Waals surface area contributed by atoms with Crippen molar-refractivity contribution in [3.8, 4) is 23.0 Å². The Bertz CT molecular complexity index is 2950. The Morgan fingerprint density at radius 1 is 0.753 bits per heavy atom. The van der Waals surface area contributed by atoms with E-state index in [0.29, 0.717) is 117 Å². The van der Waals surface area contributed by atoms with Gasteiger partial charge in [0.1, 0.15) is 19.0 Å². The van der Waals surface area contributed by atoms with Gasteiger partial charge in [-0.05, 0) is 91.4 Å². The van der Waals surface area contributed by atoms with Crippen LogP contribution in [-0.2, 0) is 45.1 Å². The lowest BCUT2D eigenvalue weighted by Gasteiger charge is -2.34. The number of nitrogens with one attached hydrogen (secondary N) is 1. The van der Waals surface area contributed by atoms with Crippen LogP contribution in [0.15, 0.2) is 96.0 Å². The van der Waals surface area contributed by atoms with Gasteiger partial charge in [0.05, 0.1) is 81.8 Å². The van der Waals surface area contributed by atoms with Gasteiger partial charge in [-0.25, -0.2) is 0 Å². The van der Waals surface area contributed by atoms with Crippen molar-refractivity contribution in [2.24, 2.45) is 10.9 Å². The van der Waals surface area contributed by atoms with Crippen LogP contribution in [0.25, 0.3) is 0 Å². The smallest absolute Gasteiger partial charge is 0.261 e. The molecule has 0 spiro atoms. The van der Waals surface area contributed by atoms with E-state index in [4.69, 9.17) is 38.2 Å². The molecule has 5 aromatic rings. The Morgan fingerprint density at radius 2 is 1.38 bits per heavy atom. The number of fused-ring (bicyclic) bond motifs is 8. The van der Waals surface area contributed by atoms with Gasteiger partial charge in [0.25, 0.3) is 11.8 Å². The molecule has 0 aliphatic carbocycles. The molecule has 0 radical (unpaired) electrons. The van der Waals surface area contributed by atoms with Crippen LogP contribution < -0.4 is 39.0 Å². The number of benzene rings is 5. The number of hydrogen-bond donors (Lipinski definition) is 1. The number of methoxy groups -OCH3 is 3. The number of ether oxygens (including phenoxy) is 7. The normalized spacial score (nSPS) is 16.2. The van der Waals surface area contributed by atoms with Gasteiger partial charge in [-0.2, -0.15) is 0 Å². The number of rotatable bonds is 27. The minimum Gasteiger partial charge on any atom is -0.493 e. The summed E-state index contributed by atoms with van der Waals surface area (Å²) < 4.78 is 42.0. The Labute approximate surface area is 460 Å². The van der Waals surface area contributed by atoms with Crippen LogP contribution in [0.5, 0.6) is 23.0 Å². The highest BCUT2D eigenvalue weighted by Crippen LogP contribution is 2.44. The maximum atomic E-state index is 14.3. The van der Waals surface area contributed by atoms with Gasteiger partial charge in [0.2, 0.25) is 0 Å². The molecule has 9 rings (SSSR count). The summed E-state index contributed by atoms with van der Waals surface area (Å²) in [5.74, 6) is 2.79. The number of para-hydroxylation sites is 2. The summed E-state index contributed by atoms with van der Waals surface area (Å²) in [7, 11) is 8.43. The van der Waals surface area contributed by atoms with Crippen molar-refractivity contribution in [1.82, 2.24) is 0 Å². The molecule has 77 heavy (non-hydrogen) atoms. The lowest BCUT2D eigenvalue weighted by atomic mass is 10.1. The van der Waals surface area contributed by atoms with E-state index in [0.717, 1.165) is 57.9 Å². The first-order chi connectivity index (χ1) is 37.3. The number of amides is 2. The van der Waals surface area contributed by atoms with E-state index in [1.165, 1.54) is 0 Å². The lowest BCUT2D eigenvalue weighted by molar-refractivity contribution is -0.121. The highest BCUT2D eigenvalue weighted by atomic mass is 33.1. The van der Waals surface area contributed by atoms with E-state index < -0.39 is 0 Å². The van der Waals surface area contributed by atoms with Crippen molar-refractivity contribution in [2.45, 2.75) is 83.4 Å². The summed E-state index contributed by atoms with van der Waals surface area (Å²) in [5.41, 5.74) is 8.93. The van der Waals surface area contributed by atoms with Crippen LogP contribution in [0, 0.1) is 5.92 Å². The molecule has 0 unspecified atom stereocenters. The number of Topliss-reactive ketones (excluding diaryl/α,β-unsaturated/α-hetero) is 1. The summed E-state index contributed by atoms with van der Waals surface area (Å²) in [6, 6.07) is 29.3. The van der Waals surface area contributed by atoms with Crippen molar-refractivity contribution < 1.29 is 47.5 Å². The zero-order valence-electron chi connectivity index (χ0n) is 45.3. The topological polar surface area (TPSA) is 150 Å². The molecule has 4 heterocycles. The van der Waals surface area contributed by atoms with Gasteiger partial charge in [-0.3, -0.25) is 24.3 Å². The lowest BCUT2D eigenvalue weighted by Crippen LogP contribution is -2.39. The van der Waals surface area contributed by atoms with E-state index in [1.54, 1.807) is 50.3 Å². The maximum Gasteiger partial charge on any atom is 0.261 e. The van der Waals surface area contributed by atoms with Crippen LogP contribution in [0.4, 0.5) is 28.4 Å². The molecule has 2 atom stereocenters. The zero-order chi connectivity index (χ0) is 54.1. The maximum absolute atomic E-state index is 14.3. The molecule has 17 heteroatoms. The van der Waals surface area contributed by atoms with Crippen LogP contribution in [-0.4, -0.2) is 120 Å². The van der Waals surface area contributed by atoms with Gasteiger partial charge in [0.15, 0.2) is 23.0 Å². The first-order valence-corrected chi connectivity index (χ1v) is 28.8. The SMILES string of the molecule is COCCOCCOCCN(CC(C)(C)SSCCCC(=O)C(C)C)c1cc(COc2cc3c(cc2OC)C(=O)N2c4ccccc4C[C@H]2C=N3)cc(COc2cc3c(cc2OC)C(=O)N2c4ccccc4C[C@H]2CN3)c1. The van der Waals surface area contributed by atoms with E-state index in [9.17, 15) is 14.4 Å². The van der Waals surface area contributed by atoms with Crippen molar-refractivity contribution in [3.05, 3.63) is 124 Å². The molecule has 0 saturated heterocycles. The number of hydrogen-bond acceptors (Lipinski definition) is 15. The molecule has 4 aliphatic heterocycles. The third-order valence-electron chi connectivity index (χ3n) is 14.1. The number of ketones is 1. The second-order valence-electron chi connectivity index (χ2n) is 20.6. The first-order valence-electron chi connectivity index (χ1n) is 26.5. The molecular weight excluding hydrogens is 1010 g/mol. The van der Waals surface area contributed by atoms with Crippen molar-refractivity contribution in [3.63, 3.8) is 0 Å². The predicted octanol–water partition coefficient (Wildman–Crippen LogP) is 10.8. The van der Waals surface area contributed by atoms with Crippen LogP contribution in [0.3, 0.4) is 0 Å². The summed E-state index contributed by atoms with van der Waals surface area (Å²) in [5, 5.41) is 3.55. The molecule has 0 bridgehead atoms. The Balaban J connectivity index is 0.997. The van der Waals surface area contributed by atoms with E-state index in [1.807, 2.05) is 83.1 Å². The van der Waals surface area contributed by atoms with Crippen molar-refractivity contribution >= 4 is 73.8 Å². The minimum atomic E-state index is -0.222. The monoisotopic (exact) mass is 1090 g/mol. The summed E-state index contributed by atoms with van der Waals surface area (Å²) in [6.45, 7) is 12.9. The average Bonchev–Trinajstić information content (AvgIpc) is 4.01. The molecule has 5 aromatic carbocycles. The second kappa shape index (κ2) is 25.5. The highest BCUT2D eigenvalue weighted by Gasteiger charge is 2.39. The predicted molar refractivity (Wildman–Crippen MR) is 308 cm³/mol. The molecule has 4 aliphatic rings. The van der Waals surface area contributed by atoms with Crippen LogP contribution in [0.2, 0.25) is 0 Å². The van der Waals surface area contributed by atoms with Gasteiger partial charge >= 0.3 is 0 Å². The van der Waals surface area contributed by atoms with Gasteiger partial charge in [-0.15, -0.1) is 0 Å². The molecule has 15 nitrogen and oxygen atoms in total. The summed E-state index contributed by atoms with van der Waals surface area (Å²) in [4.78, 5) is 51.8. The largest absolute Gasteiger partial charge is 0.493 e. The molecule has 1 N–H and O–H groups in total. The van der Waals surface area contributed by atoms with Crippen molar-refractivity contribution in [2.75, 3.05) is 99.8 Å². The standard InChI is InChI=1S/C60H71N5O10S2/c1-39(2)53(66)17-12-24-76-77-60(3,4)38-63(18-19-72-22-23-73-21-20-69-5)44-26-40(36-74-56-32-49-47(30-54(56)70-6)58(67)64-45(34-61-49)28-42-13-8-10-15-51(42)64)25-41(27-44)37-75-57-33-50-48(31-55(57)71-7)59(68)65-46(35-62-50)29-43-14-9-11-16-52(43)65/h8-11,13-16,25-27,30-34,39,45-46,62H,12,17-24,28-29,35-38H2,1-7H3/t45-,46-/m0/s1. The molecule has 0 fully saturated rings. The Kier molecular flexibility index (Phi) is 18.4. The van der Waals surface area contributed by atoms with Crippen molar-refractivity contribution in [1.29, 1.82) is 0 Å². The fourth-order valence-corrected chi connectivity index (χ4v) is 12.8. The van der Waals surface area contributed by atoms with Gasteiger partial charge in [-0.1, -0.05) is 71.8 Å². The quantitative estimate of drug-likeness (QED) is 0.0392. The molecule has 0 saturated carbocycles. The van der Waals surface area contributed by atoms with E-state index in [2.05, 4.69) is 54.4 Å². The van der Waals surface area contributed by atoms with E-state index in [-0.39, 0.29) is 47.8 Å². The molecular formula is C60H71N5O10S2. The highest BCUT2D eigenvalue weighted by molar-refractivity contribution is 8.77. The fourth-order valence-electron chi connectivity index (χ4n) is 10.2. The number of carbonyl (C=O) groups excluding carboxylic acids is 3. The average molecular weight is 1090 g/mol. The van der Waals surface area contributed by atoms with Crippen LogP contribution >= 0.6 is 21.6 Å². The third-order valence-corrected chi connectivity index (χ3v) is 17.5. The number of anilines is 4. The molecule has 2 amide bonds. The Hall–Kier alpha value is -6.24. The second-order valence-corrected chi connectivity index (χ2v) is 23.7. The number of aliphatic imine (C=N–C) groups is 1. The molecule has 0 aromatic heterocycles. The minimum absolute atomic E-state index is 0.0205. The fraction of sp³-hybridized carbons (Fsp3) is 0.433. The summed E-state index contributed by atoms with van der Waals surface area (Å²) in [6.07, 6.45) is 4.73. The number of carbonyl (C=O) groups is 3. The number of nitrogens with zero attached hydrogens (tertiary/aromatic N) is 4. The van der Waals surface area contributed by atoms with Gasteiger partial charge in [0, 0.05) is 91.4 Å². The van der Waals surface area contributed by atoms with E-state index >= 15 is 0 Å². The third kappa shape index (κ3) is 13.2. The van der Waals surface area contributed by atoms with Gasteiger partial charge < -0.3 is 48.3 Å². The molecule has 408 valence electrons. The van der Waals surface area contributed by atoms with Crippen LogP contribution in [0.1, 0.15) is 83.5 Å². The first kappa shape index (κ1) is 55.5. The summed E-state index contributed by atoms with van der Waals surface area (Å²) >= 11 is 0.